The van der Waals surface area contributed by atoms with Crippen molar-refractivity contribution in [3.05, 3.63) is 18.0 Å². The molecule has 1 saturated carbocycles. The number of anilines is 1. The van der Waals surface area contributed by atoms with Gasteiger partial charge in [0.15, 0.2) is 0 Å². The van der Waals surface area contributed by atoms with Gasteiger partial charge in [-0.25, -0.2) is 9.97 Å². The second-order valence-corrected chi connectivity index (χ2v) is 6.61. The predicted molar refractivity (Wildman–Crippen MR) is 88.2 cm³/mol. The quantitative estimate of drug-likeness (QED) is 0.803. The Bertz CT molecular complexity index is 496. The van der Waals surface area contributed by atoms with Gasteiger partial charge in [-0.05, 0) is 17.9 Å². The van der Waals surface area contributed by atoms with Crippen LogP contribution in [0.5, 0.6) is 0 Å². The number of nitrogens with one attached hydrogen (secondary N) is 2. The monoisotopic (exact) mass is 318 g/mol. The lowest BCUT2D eigenvalue weighted by molar-refractivity contribution is -0.124. The van der Waals surface area contributed by atoms with Gasteiger partial charge >= 0.3 is 0 Å². The number of hydrogen-bond donors (Lipinski definition) is 2. The molecule has 1 aromatic rings. The summed E-state index contributed by atoms with van der Waals surface area (Å²) in [6, 6.07) is 0.171. The van der Waals surface area contributed by atoms with Crippen molar-refractivity contribution in [2.75, 3.05) is 25.1 Å². The minimum absolute atomic E-state index is 0.0000855. The number of amides is 1. The minimum atomic E-state index is -0.0000855. The average molecular weight is 318 g/mol. The van der Waals surface area contributed by atoms with Crippen LogP contribution in [0.1, 0.15) is 44.1 Å². The lowest BCUT2D eigenvalue weighted by Crippen LogP contribution is -2.49. The van der Waals surface area contributed by atoms with Crippen LogP contribution < -0.4 is 10.6 Å². The fourth-order valence-corrected chi connectivity index (χ4v) is 3.18. The molecule has 126 valence electrons. The summed E-state index contributed by atoms with van der Waals surface area (Å²) in [6.45, 7) is 2.16. The van der Waals surface area contributed by atoms with Crippen molar-refractivity contribution < 1.29 is 9.53 Å². The highest BCUT2D eigenvalue weighted by atomic mass is 16.5. The first-order valence-corrected chi connectivity index (χ1v) is 8.71. The van der Waals surface area contributed by atoms with Crippen LogP contribution in [0.4, 0.5) is 5.95 Å². The van der Waals surface area contributed by atoms with E-state index >= 15 is 0 Å². The Kier molecular flexibility index (Phi) is 5.80. The van der Waals surface area contributed by atoms with Gasteiger partial charge in [-0.15, -0.1) is 0 Å². The van der Waals surface area contributed by atoms with Crippen LogP contribution in [-0.2, 0) is 16.0 Å². The summed E-state index contributed by atoms with van der Waals surface area (Å²) in [5, 5.41) is 6.20. The van der Waals surface area contributed by atoms with Crippen molar-refractivity contribution in [1.29, 1.82) is 0 Å². The lowest BCUT2D eigenvalue weighted by atomic mass is 9.87. The van der Waals surface area contributed by atoms with E-state index in [2.05, 4.69) is 20.6 Å². The van der Waals surface area contributed by atoms with Crippen LogP contribution >= 0.6 is 0 Å². The molecule has 6 nitrogen and oxygen atoms in total. The standard InChI is InChI=1S/C17H26N4O2/c22-16(21-15-11-23-12-15)8-14-9-19-17(20-10-14)18-7-6-13-4-2-1-3-5-13/h9-10,13,15H,1-8,11-12H2,(H,21,22)(H,18,19,20). The Hall–Kier alpha value is -1.69. The number of ether oxygens (including phenoxy) is 1. The maximum absolute atomic E-state index is 11.8. The van der Waals surface area contributed by atoms with Crippen molar-refractivity contribution in [2.45, 2.75) is 51.0 Å². The summed E-state index contributed by atoms with van der Waals surface area (Å²) in [5.74, 6) is 1.51. The molecular weight excluding hydrogens is 292 g/mol. The molecule has 1 amide bonds. The first kappa shape index (κ1) is 16.2. The Morgan fingerprint density at radius 2 is 1.91 bits per heavy atom. The van der Waals surface area contributed by atoms with Crippen LogP contribution in [0, 0.1) is 5.92 Å². The molecule has 0 atom stereocenters. The number of carbonyl (C=O) groups excluding carboxylic acids is 1. The number of nitrogens with zero attached hydrogens (tertiary/aromatic N) is 2. The van der Waals surface area contributed by atoms with E-state index in [0.29, 0.717) is 25.6 Å². The molecule has 6 heteroatoms. The lowest BCUT2D eigenvalue weighted by Gasteiger charge is -2.26. The second-order valence-electron chi connectivity index (χ2n) is 6.61. The zero-order valence-electron chi connectivity index (χ0n) is 13.6. The van der Waals surface area contributed by atoms with Crippen molar-refractivity contribution in [1.82, 2.24) is 15.3 Å². The molecule has 1 aliphatic carbocycles. The first-order chi connectivity index (χ1) is 11.3. The summed E-state index contributed by atoms with van der Waals surface area (Å²) >= 11 is 0. The first-order valence-electron chi connectivity index (χ1n) is 8.71. The van der Waals surface area contributed by atoms with E-state index < -0.39 is 0 Å². The molecule has 0 bridgehead atoms. The topological polar surface area (TPSA) is 76.1 Å². The zero-order valence-corrected chi connectivity index (χ0v) is 13.6. The van der Waals surface area contributed by atoms with Gasteiger partial charge in [0.2, 0.25) is 11.9 Å². The van der Waals surface area contributed by atoms with Gasteiger partial charge in [-0.1, -0.05) is 32.1 Å². The van der Waals surface area contributed by atoms with Crippen LogP contribution in [0.3, 0.4) is 0 Å². The Labute approximate surface area is 137 Å². The van der Waals surface area contributed by atoms with Gasteiger partial charge in [0, 0.05) is 18.9 Å². The van der Waals surface area contributed by atoms with Crippen LogP contribution in [-0.4, -0.2) is 41.7 Å². The summed E-state index contributed by atoms with van der Waals surface area (Å²) in [6.07, 6.45) is 11.9. The molecule has 3 rings (SSSR count). The van der Waals surface area contributed by atoms with E-state index in [1.165, 1.54) is 38.5 Å². The highest BCUT2D eigenvalue weighted by molar-refractivity contribution is 5.78. The largest absolute Gasteiger partial charge is 0.377 e. The van der Waals surface area contributed by atoms with Gasteiger partial charge in [0.1, 0.15) is 0 Å². The van der Waals surface area contributed by atoms with Gasteiger partial charge in [0.05, 0.1) is 25.7 Å². The van der Waals surface area contributed by atoms with Gasteiger partial charge < -0.3 is 15.4 Å². The predicted octanol–water partition coefficient (Wildman–Crippen LogP) is 1.92. The summed E-state index contributed by atoms with van der Waals surface area (Å²) in [5.41, 5.74) is 0.834. The SMILES string of the molecule is O=C(Cc1cnc(NCCC2CCCCC2)nc1)NC1COC1. The van der Waals surface area contributed by atoms with E-state index in [1.54, 1.807) is 12.4 Å². The van der Waals surface area contributed by atoms with E-state index in [0.717, 1.165) is 18.0 Å². The molecule has 0 unspecified atom stereocenters. The Morgan fingerprint density at radius 1 is 1.17 bits per heavy atom. The molecule has 0 aromatic carbocycles. The molecule has 1 aliphatic heterocycles. The Morgan fingerprint density at radius 3 is 2.57 bits per heavy atom. The molecular formula is C17H26N4O2. The van der Waals surface area contributed by atoms with E-state index in [4.69, 9.17) is 4.74 Å². The normalized spacial score (nSPS) is 19.1. The summed E-state index contributed by atoms with van der Waals surface area (Å²) < 4.78 is 5.04. The molecule has 2 aliphatic rings. The average Bonchev–Trinajstić information content (AvgIpc) is 2.54. The summed E-state index contributed by atoms with van der Waals surface area (Å²) in [7, 11) is 0. The van der Waals surface area contributed by atoms with Crippen molar-refractivity contribution in [2.24, 2.45) is 5.92 Å². The van der Waals surface area contributed by atoms with Crippen molar-refractivity contribution in [3.8, 4) is 0 Å². The van der Waals surface area contributed by atoms with Crippen molar-refractivity contribution in [3.63, 3.8) is 0 Å². The fraction of sp³-hybridized carbons (Fsp3) is 0.706. The van der Waals surface area contributed by atoms with Crippen molar-refractivity contribution >= 4 is 11.9 Å². The molecule has 2 fully saturated rings. The van der Waals surface area contributed by atoms with E-state index in [1.807, 2.05) is 0 Å². The van der Waals surface area contributed by atoms with Crippen LogP contribution in [0.25, 0.3) is 0 Å². The maximum atomic E-state index is 11.8. The third-order valence-corrected chi connectivity index (χ3v) is 4.63. The van der Waals surface area contributed by atoms with Crippen LogP contribution in [0.15, 0.2) is 12.4 Å². The third kappa shape index (κ3) is 5.16. The maximum Gasteiger partial charge on any atom is 0.224 e. The van der Waals surface area contributed by atoms with Gasteiger partial charge in [-0.2, -0.15) is 0 Å². The summed E-state index contributed by atoms with van der Waals surface area (Å²) in [4.78, 5) is 20.4. The number of aromatic nitrogens is 2. The molecule has 1 saturated heterocycles. The number of hydrogen-bond acceptors (Lipinski definition) is 5. The number of rotatable bonds is 7. The van der Waals surface area contributed by atoms with E-state index in [9.17, 15) is 4.79 Å². The smallest absolute Gasteiger partial charge is 0.224 e. The molecule has 0 spiro atoms. The van der Waals surface area contributed by atoms with Crippen LogP contribution in [0.2, 0.25) is 0 Å². The Balaban J connectivity index is 1.37. The number of carbonyl (C=O) groups is 1. The molecule has 2 heterocycles. The molecule has 1 aromatic heterocycles. The molecule has 0 radical (unpaired) electrons. The third-order valence-electron chi connectivity index (χ3n) is 4.63. The van der Waals surface area contributed by atoms with Gasteiger partial charge in [-0.3, -0.25) is 4.79 Å². The van der Waals surface area contributed by atoms with Gasteiger partial charge in [0.25, 0.3) is 0 Å². The highest BCUT2D eigenvalue weighted by Crippen LogP contribution is 2.25. The molecule has 2 N–H and O–H groups in total. The second kappa shape index (κ2) is 8.24. The zero-order chi connectivity index (χ0) is 15.9. The minimum Gasteiger partial charge on any atom is -0.377 e. The highest BCUT2D eigenvalue weighted by Gasteiger charge is 2.20. The van der Waals surface area contributed by atoms with E-state index in [-0.39, 0.29) is 11.9 Å². The fourth-order valence-electron chi connectivity index (χ4n) is 3.18. The molecule has 23 heavy (non-hydrogen) atoms.